The number of carbonyl (C=O) groups excluding carboxylic acids is 2. The molecule has 0 aliphatic carbocycles. The van der Waals surface area contributed by atoms with Crippen LogP contribution in [0.4, 0.5) is 0 Å². The van der Waals surface area contributed by atoms with Crippen LogP contribution in [-0.4, -0.2) is 22.6 Å². The molecule has 0 fully saturated rings. The highest BCUT2D eigenvalue weighted by Crippen LogP contribution is 2.43. The minimum absolute atomic E-state index is 0.0255. The predicted molar refractivity (Wildman–Crippen MR) is 185 cm³/mol. The molecule has 252 valence electrons. The number of hydrogen-bond acceptors (Lipinski definition) is 8. The van der Waals surface area contributed by atoms with E-state index in [-0.39, 0.29) is 49.1 Å². The second kappa shape index (κ2) is 16.1. The SMILES string of the molecule is CC(C)(C)OC(=O)c1cc(OCc2ccccc2)c(C(O)(OCc2ccccc2)C(=O)OCc2ccccc2)c(OCc2ccccc2)c1. The van der Waals surface area contributed by atoms with Gasteiger partial charge in [0.1, 0.15) is 42.5 Å². The third kappa shape index (κ3) is 9.79. The lowest BCUT2D eigenvalue weighted by atomic mass is 9.99. The molecule has 0 aromatic heterocycles. The molecule has 5 rings (SSSR count). The Morgan fingerprint density at radius 1 is 0.571 bits per heavy atom. The Kier molecular flexibility index (Phi) is 11.5. The van der Waals surface area contributed by atoms with Gasteiger partial charge in [-0.25, -0.2) is 9.59 Å². The van der Waals surface area contributed by atoms with E-state index < -0.39 is 23.3 Å². The minimum Gasteiger partial charge on any atom is -0.488 e. The van der Waals surface area contributed by atoms with E-state index in [2.05, 4.69) is 0 Å². The number of carbonyl (C=O) groups is 2. The zero-order valence-electron chi connectivity index (χ0n) is 27.8. The normalized spacial score (nSPS) is 12.4. The van der Waals surface area contributed by atoms with Gasteiger partial charge in [0.05, 0.1) is 12.2 Å². The largest absolute Gasteiger partial charge is 0.488 e. The first-order valence-electron chi connectivity index (χ1n) is 16.0. The predicted octanol–water partition coefficient (Wildman–Crippen LogP) is 7.91. The first kappa shape index (κ1) is 34.9. The number of esters is 2. The van der Waals surface area contributed by atoms with E-state index in [1.807, 2.05) is 97.1 Å². The molecule has 0 heterocycles. The van der Waals surface area contributed by atoms with Gasteiger partial charge in [-0.3, -0.25) is 0 Å². The lowest BCUT2D eigenvalue weighted by molar-refractivity contribution is -0.241. The number of rotatable bonds is 14. The van der Waals surface area contributed by atoms with Crippen LogP contribution in [0.15, 0.2) is 133 Å². The van der Waals surface area contributed by atoms with Crippen molar-refractivity contribution in [3.63, 3.8) is 0 Å². The molecule has 5 aromatic carbocycles. The van der Waals surface area contributed by atoms with Crippen molar-refractivity contribution in [3.05, 3.63) is 167 Å². The van der Waals surface area contributed by atoms with E-state index >= 15 is 0 Å². The summed E-state index contributed by atoms with van der Waals surface area (Å²) in [5.74, 6) is -4.53. The summed E-state index contributed by atoms with van der Waals surface area (Å²) >= 11 is 0. The van der Waals surface area contributed by atoms with Gasteiger partial charge in [0.2, 0.25) is 0 Å². The van der Waals surface area contributed by atoms with Crippen molar-refractivity contribution in [2.24, 2.45) is 0 Å². The lowest BCUT2D eigenvalue weighted by Crippen LogP contribution is -2.41. The Hall–Kier alpha value is -5.44. The zero-order chi connectivity index (χ0) is 34.7. The Labute approximate surface area is 286 Å². The Bertz CT molecular complexity index is 1740. The highest BCUT2D eigenvalue weighted by molar-refractivity contribution is 5.92. The van der Waals surface area contributed by atoms with Crippen LogP contribution in [0.1, 0.15) is 58.9 Å². The molecule has 5 aromatic rings. The zero-order valence-corrected chi connectivity index (χ0v) is 27.8. The first-order valence-corrected chi connectivity index (χ1v) is 16.0. The van der Waals surface area contributed by atoms with Crippen LogP contribution in [0.2, 0.25) is 0 Å². The monoisotopic (exact) mass is 660 g/mol. The summed E-state index contributed by atoms with van der Waals surface area (Å²) in [5.41, 5.74) is 2.16. The molecule has 0 saturated carbocycles. The summed E-state index contributed by atoms with van der Waals surface area (Å²) in [6.45, 7) is 5.07. The summed E-state index contributed by atoms with van der Waals surface area (Å²) in [6.07, 6.45) is 0. The molecule has 0 bridgehead atoms. The second-order valence-corrected chi connectivity index (χ2v) is 12.4. The smallest absolute Gasteiger partial charge is 0.372 e. The van der Waals surface area contributed by atoms with E-state index in [0.29, 0.717) is 11.1 Å². The summed E-state index contributed by atoms with van der Waals surface area (Å²) < 4.78 is 30.1. The average molecular weight is 661 g/mol. The van der Waals surface area contributed by atoms with Gasteiger partial charge >= 0.3 is 17.7 Å². The number of ether oxygens (including phenoxy) is 5. The molecule has 8 nitrogen and oxygen atoms in total. The first-order chi connectivity index (χ1) is 23.6. The molecule has 1 atom stereocenters. The fourth-order valence-corrected chi connectivity index (χ4v) is 4.89. The average Bonchev–Trinajstić information content (AvgIpc) is 3.12. The van der Waals surface area contributed by atoms with Crippen molar-refractivity contribution >= 4 is 11.9 Å². The van der Waals surface area contributed by atoms with Gasteiger partial charge in [-0.15, -0.1) is 0 Å². The van der Waals surface area contributed by atoms with Crippen LogP contribution in [0, 0.1) is 0 Å². The van der Waals surface area contributed by atoms with E-state index in [1.54, 1.807) is 45.0 Å². The quantitative estimate of drug-likeness (QED) is 0.0948. The fraction of sp³-hybridized carbons (Fsp3) is 0.220. The van der Waals surface area contributed by atoms with Crippen LogP contribution in [-0.2, 0) is 51.2 Å². The molecule has 1 N–H and O–H groups in total. The van der Waals surface area contributed by atoms with E-state index in [0.717, 1.165) is 11.1 Å². The van der Waals surface area contributed by atoms with E-state index in [9.17, 15) is 14.7 Å². The van der Waals surface area contributed by atoms with Gasteiger partial charge in [0, 0.05) is 0 Å². The maximum absolute atomic E-state index is 14.1. The molecule has 0 radical (unpaired) electrons. The standard InChI is InChI=1S/C41H40O8/c1-40(2,3)49-38(42)34-24-35(45-26-30-16-8-4-9-17-30)37(36(25-34)46-27-31-18-10-5-11-19-31)41(44,48-29-33-22-14-7-15-23-33)39(43)47-28-32-20-12-6-13-21-32/h4-25,44H,26-29H2,1-3H3. The minimum atomic E-state index is -2.74. The third-order valence-electron chi connectivity index (χ3n) is 7.29. The molecular weight excluding hydrogens is 620 g/mol. The lowest BCUT2D eigenvalue weighted by Gasteiger charge is -2.30. The maximum Gasteiger partial charge on any atom is 0.372 e. The summed E-state index contributed by atoms with van der Waals surface area (Å²) in [4.78, 5) is 27.6. The molecule has 1 unspecified atom stereocenters. The van der Waals surface area contributed by atoms with Crippen LogP contribution < -0.4 is 9.47 Å². The summed E-state index contributed by atoms with van der Waals surface area (Å²) in [6, 6.07) is 39.8. The molecule has 0 aliphatic rings. The Morgan fingerprint density at radius 3 is 1.37 bits per heavy atom. The van der Waals surface area contributed by atoms with Gasteiger partial charge in [-0.1, -0.05) is 121 Å². The van der Waals surface area contributed by atoms with Crippen molar-refractivity contribution in [1.29, 1.82) is 0 Å². The molecule has 8 heteroatoms. The maximum atomic E-state index is 14.1. The fourth-order valence-electron chi connectivity index (χ4n) is 4.89. The van der Waals surface area contributed by atoms with Gasteiger partial charge < -0.3 is 28.8 Å². The van der Waals surface area contributed by atoms with Crippen molar-refractivity contribution in [1.82, 2.24) is 0 Å². The molecule has 0 amide bonds. The highest BCUT2D eigenvalue weighted by atomic mass is 16.7. The summed E-state index contributed by atoms with van der Waals surface area (Å²) in [5, 5.41) is 12.5. The van der Waals surface area contributed by atoms with Gasteiger partial charge in [0.15, 0.2) is 0 Å². The third-order valence-corrected chi connectivity index (χ3v) is 7.29. The van der Waals surface area contributed by atoms with Crippen molar-refractivity contribution in [2.75, 3.05) is 0 Å². The number of aliphatic hydroxyl groups is 1. The molecule has 0 aliphatic heterocycles. The van der Waals surface area contributed by atoms with Gasteiger partial charge in [-0.05, 0) is 55.2 Å². The van der Waals surface area contributed by atoms with E-state index in [4.69, 9.17) is 23.7 Å². The second-order valence-electron chi connectivity index (χ2n) is 12.4. The Morgan fingerprint density at radius 2 is 0.959 bits per heavy atom. The number of benzene rings is 5. The molecule has 0 saturated heterocycles. The van der Waals surface area contributed by atoms with Gasteiger partial charge in [-0.2, -0.15) is 0 Å². The molecule has 49 heavy (non-hydrogen) atoms. The van der Waals surface area contributed by atoms with Gasteiger partial charge in [0.25, 0.3) is 0 Å². The van der Waals surface area contributed by atoms with Crippen molar-refractivity contribution < 1.29 is 38.4 Å². The van der Waals surface area contributed by atoms with Crippen LogP contribution in [0.25, 0.3) is 0 Å². The van der Waals surface area contributed by atoms with Crippen molar-refractivity contribution in [3.8, 4) is 11.5 Å². The van der Waals surface area contributed by atoms with Crippen LogP contribution in [0.3, 0.4) is 0 Å². The summed E-state index contributed by atoms with van der Waals surface area (Å²) in [7, 11) is 0. The molecular formula is C41H40O8. The Balaban J connectivity index is 1.64. The van der Waals surface area contributed by atoms with Crippen molar-refractivity contribution in [2.45, 2.75) is 58.6 Å². The van der Waals surface area contributed by atoms with Crippen LogP contribution in [0.5, 0.6) is 11.5 Å². The molecule has 0 spiro atoms. The van der Waals surface area contributed by atoms with E-state index in [1.165, 1.54) is 12.1 Å². The highest BCUT2D eigenvalue weighted by Gasteiger charge is 2.47. The van der Waals surface area contributed by atoms with Crippen LogP contribution >= 0.6 is 0 Å². The topological polar surface area (TPSA) is 101 Å². The number of hydrogen-bond donors (Lipinski definition) is 1.